The second-order valence-electron chi connectivity index (χ2n) is 5.02. The third kappa shape index (κ3) is 3.39. The fraction of sp³-hybridized carbons (Fsp3) is 0.294. The molecule has 0 aliphatic heterocycles. The minimum absolute atomic E-state index is 0.143. The van der Waals surface area contributed by atoms with Crippen molar-refractivity contribution in [1.29, 1.82) is 0 Å². The molecule has 0 saturated carbocycles. The minimum Gasteiger partial charge on any atom is -0.363 e. The van der Waals surface area contributed by atoms with Crippen LogP contribution in [-0.4, -0.2) is 13.1 Å². The van der Waals surface area contributed by atoms with E-state index in [9.17, 15) is 8.78 Å². The summed E-state index contributed by atoms with van der Waals surface area (Å²) in [5.74, 6) is -0.512. The highest BCUT2D eigenvalue weighted by Crippen LogP contribution is 2.27. The maximum atomic E-state index is 13.8. The highest BCUT2D eigenvalue weighted by Gasteiger charge is 2.19. The van der Waals surface area contributed by atoms with E-state index >= 15 is 0 Å². The van der Waals surface area contributed by atoms with E-state index in [-0.39, 0.29) is 17.7 Å². The Balaban J connectivity index is 2.36. The summed E-state index contributed by atoms with van der Waals surface area (Å²) in [6, 6.07) is 11.3. The standard InChI is InChI=1S/C17H20F2N2/c1-3-21(15-8-6-14(18)7-9-15)17(11-20)13-5-4-12(2)16(19)10-13/h4-10,17H,3,11,20H2,1-2H3. The van der Waals surface area contributed by atoms with Gasteiger partial charge in [-0.05, 0) is 55.3 Å². The molecule has 0 bridgehead atoms. The number of likely N-dealkylation sites (N-methyl/N-ethyl adjacent to an activating group) is 1. The first-order valence-electron chi connectivity index (χ1n) is 7.05. The summed E-state index contributed by atoms with van der Waals surface area (Å²) < 4.78 is 26.9. The quantitative estimate of drug-likeness (QED) is 0.907. The molecule has 0 aromatic heterocycles. The van der Waals surface area contributed by atoms with Crippen molar-refractivity contribution in [2.24, 2.45) is 5.73 Å². The molecule has 0 fully saturated rings. The van der Waals surface area contributed by atoms with Gasteiger partial charge in [0.2, 0.25) is 0 Å². The maximum Gasteiger partial charge on any atom is 0.126 e. The smallest absolute Gasteiger partial charge is 0.126 e. The Morgan fingerprint density at radius 3 is 2.29 bits per heavy atom. The Morgan fingerprint density at radius 1 is 1.10 bits per heavy atom. The average Bonchev–Trinajstić information content (AvgIpc) is 2.49. The van der Waals surface area contributed by atoms with Crippen molar-refractivity contribution >= 4 is 5.69 Å². The average molecular weight is 290 g/mol. The fourth-order valence-electron chi connectivity index (χ4n) is 2.48. The van der Waals surface area contributed by atoms with Crippen LogP contribution in [0.1, 0.15) is 24.1 Å². The van der Waals surface area contributed by atoms with Crippen LogP contribution in [0.3, 0.4) is 0 Å². The monoisotopic (exact) mass is 290 g/mol. The summed E-state index contributed by atoms with van der Waals surface area (Å²) in [7, 11) is 0. The largest absolute Gasteiger partial charge is 0.363 e. The van der Waals surface area contributed by atoms with Crippen molar-refractivity contribution < 1.29 is 8.78 Å². The van der Waals surface area contributed by atoms with Crippen LogP contribution < -0.4 is 10.6 Å². The molecule has 0 amide bonds. The van der Waals surface area contributed by atoms with Crippen molar-refractivity contribution in [3.8, 4) is 0 Å². The second kappa shape index (κ2) is 6.68. The van der Waals surface area contributed by atoms with Crippen LogP contribution in [0.5, 0.6) is 0 Å². The molecule has 2 rings (SSSR count). The molecular formula is C17H20F2N2. The van der Waals surface area contributed by atoms with E-state index in [0.29, 0.717) is 18.7 Å². The van der Waals surface area contributed by atoms with Crippen LogP contribution in [0.25, 0.3) is 0 Å². The van der Waals surface area contributed by atoms with Crippen molar-refractivity contribution in [2.45, 2.75) is 19.9 Å². The van der Waals surface area contributed by atoms with Crippen molar-refractivity contribution in [2.75, 3.05) is 18.0 Å². The number of nitrogens with zero attached hydrogens (tertiary/aromatic N) is 1. The Labute approximate surface area is 124 Å². The van der Waals surface area contributed by atoms with Crippen molar-refractivity contribution in [3.63, 3.8) is 0 Å². The lowest BCUT2D eigenvalue weighted by Gasteiger charge is -2.32. The highest BCUT2D eigenvalue weighted by molar-refractivity contribution is 5.49. The predicted molar refractivity (Wildman–Crippen MR) is 82.4 cm³/mol. The third-order valence-electron chi connectivity index (χ3n) is 3.68. The summed E-state index contributed by atoms with van der Waals surface area (Å²) in [5, 5.41) is 0. The molecule has 0 heterocycles. The fourth-order valence-corrected chi connectivity index (χ4v) is 2.48. The summed E-state index contributed by atoms with van der Waals surface area (Å²) >= 11 is 0. The van der Waals surface area contributed by atoms with Gasteiger partial charge in [0.1, 0.15) is 11.6 Å². The van der Waals surface area contributed by atoms with Crippen LogP contribution in [-0.2, 0) is 0 Å². The number of hydrogen-bond donors (Lipinski definition) is 1. The van der Waals surface area contributed by atoms with Gasteiger partial charge in [-0.2, -0.15) is 0 Å². The lowest BCUT2D eigenvalue weighted by molar-refractivity contribution is 0.599. The zero-order valence-corrected chi connectivity index (χ0v) is 12.3. The normalized spacial score (nSPS) is 12.2. The van der Waals surface area contributed by atoms with Crippen LogP contribution >= 0.6 is 0 Å². The minimum atomic E-state index is -0.277. The van der Waals surface area contributed by atoms with E-state index in [1.807, 2.05) is 17.9 Å². The van der Waals surface area contributed by atoms with Crippen molar-refractivity contribution in [1.82, 2.24) is 0 Å². The van der Waals surface area contributed by atoms with E-state index in [4.69, 9.17) is 5.73 Å². The van der Waals surface area contributed by atoms with Gasteiger partial charge in [0, 0.05) is 18.8 Å². The topological polar surface area (TPSA) is 29.3 Å². The number of benzene rings is 2. The van der Waals surface area contributed by atoms with E-state index < -0.39 is 0 Å². The Morgan fingerprint density at radius 2 is 1.76 bits per heavy atom. The number of halogens is 2. The summed E-state index contributed by atoms with van der Waals surface area (Å²) in [5.41, 5.74) is 8.21. The Kier molecular flexibility index (Phi) is 4.91. The lowest BCUT2D eigenvalue weighted by atomic mass is 10.0. The molecular weight excluding hydrogens is 270 g/mol. The Bertz CT molecular complexity index is 596. The van der Waals surface area contributed by atoms with Gasteiger partial charge in [0.15, 0.2) is 0 Å². The molecule has 112 valence electrons. The second-order valence-corrected chi connectivity index (χ2v) is 5.02. The number of aryl methyl sites for hydroxylation is 1. The number of rotatable bonds is 5. The highest BCUT2D eigenvalue weighted by atomic mass is 19.1. The third-order valence-corrected chi connectivity index (χ3v) is 3.68. The molecule has 0 aliphatic rings. The molecule has 21 heavy (non-hydrogen) atoms. The van der Waals surface area contributed by atoms with Crippen LogP contribution in [0, 0.1) is 18.6 Å². The number of anilines is 1. The van der Waals surface area contributed by atoms with Gasteiger partial charge in [0.05, 0.1) is 6.04 Å². The van der Waals surface area contributed by atoms with Gasteiger partial charge >= 0.3 is 0 Å². The van der Waals surface area contributed by atoms with Crippen molar-refractivity contribution in [3.05, 3.63) is 65.2 Å². The SMILES string of the molecule is CCN(c1ccc(F)cc1)C(CN)c1ccc(C)c(F)c1. The first-order valence-corrected chi connectivity index (χ1v) is 7.05. The molecule has 1 atom stereocenters. The van der Waals surface area contributed by atoms with Crippen LogP contribution in [0.2, 0.25) is 0 Å². The molecule has 1 unspecified atom stereocenters. The molecule has 2 N–H and O–H groups in total. The van der Waals surface area contributed by atoms with Gasteiger partial charge in [-0.1, -0.05) is 12.1 Å². The molecule has 2 nitrogen and oxygen atoms in total. The van der Waals surface area contributed by atoms with Crippen LogP contribution in [0.15, 0.2) is 42.5 Å². The van der Waals surface area contributed by atoms with Gasteiger partial charge in [-0.3, -0.25) is 0 Å². The molecule has 0 spiro atoms. The zero-order valence-electron chi connectivity index (χ0n) is 12.3. The molecule has 0 saturated heterocycles. The number of nitrogens with two attached hydrogens (primary N) is 1. The van der Waals surface area contributed by atoms with E-state index in [0.717, 1.165) is 11.3 Å². The molecule has 2 aromatic carbocycles. The first kappa shape index (κ1) is 15.4. The number of hydrogen-bond acceptors (Lipinski definition) is 2. The Hall–Kier alpha value is -1.94. The van der Waals surface area contributed by atoms with E-state index in [1.165, 1.54) is 18.2 Å². The predicted octanol–water partition coefficient (Wildman–Crippen LogP) is 3.80. The van der Waals surface area contributed by atoms with Gasteiger partial charge < -0.3 is 10.6 Å². The van der Waals surface area contributed by atoms with Gasteiger partial charge in [-0.15, -0.1) is 0 Å². The van der Waals surface area contributed by atoms with Gasteiger partial charge in [-0.25, -0.2) is 8.78 Å². The summed E-state index contributed by atoms with van der Waals surface area (Å²) in [6.45, 7) is 4.78. The maximum absolute atomic E-state index is 13.8. The van der Waals surface area contributed by atoms with Crippen LogP contribution in [0.4, 0.5) is 14.5 Å². The summed E-state index contributed by atoms with van der Waals surface area (Å²) in [4.78, 5) is 2.05. The molecule has 0 aliphatic carbocycles. The molecule has 2 aromatic rings. The van der Waals surface area contributed by atoms with E-state index in [2.05, 4.69) is 0 Å². The first-order chi connectivity index (χ1) is 10.1. The van der Waals surface area contributed by atoms with E-state index in [1.54, 1.807) is 25.1 Å². The molecule has 0 radical (unpaired) electrons. The zero-order chi connectivity index (χ0) is 15.4. The lowest BCUT2D eigenvalue weighted by Crippen LogP contribution is -2.33. The van der Waals surface area contributed by atoms with Gasteiger partial charge in [0.25, 0.3) is 0 Å². The molecule has 4 heteroatoms. The summed E-state index contributed by atoms with van der Waals surface area (Å²) in [6.07, 6.45) is 0.